The maximum Gasteiger partial charge on any atom is 0.238 e. The molecule has 1 aromatic rings. The summed E-state index contributed by atoms with van der Waals surface area (Å²) in [6.45, 7) is 6.99. The Bertz CT molecular complexity index is 403. The van der Waals surface area contributed by atoms with Crippen molar-refractivity contribution in [3.8, 4) is 5.75 Å². The molecule has 17 heavy (non-hydrogen) atoms. The molecule has 0 heterocycles. The van der Waals surface area contributed by atoms with Gasteiger partial charge in [0, 0.05) is 5.69 Å². The summed E-state index contributed by atoms with van der Waals surface area (Å²) in [7, 11) is 1.64. The van der Waals surface area contributed by atoms with Crippen LogP contribution in [-0.4, -0.2) is 26.1 Å². The van der Waals surface area contributed by atoms with Gasteiger partial charge in [-0.25, -0.2) is 0 Å². The van der Waals surface area contributed by atoms with E-state index in [1.165, 1.54) is 0 Å². The van der Waals surface area contributed by atoms with Crippen molar-refractivity contribution in [3.05, 3.63) is 23.3 Å². The number of benzene rings is 1. The highest BCUT2D eigenvalue weighted by atomic mass is 16.5. The van der Waals surface area contributed by atoms with Gasteiger partial charge < -0.3 is 15.4 Å². The first-order valence-electron chi connectivity index (χ1n) is 5.74. The highest BCUT2D eigenvalue weighted by Crippen LogP contribution is 2.25. The van der Waals surface area contributed by atoms with E-state index in [9.17, 15) is 4.79 Å². The summed E-state index contributed by atoms with van der Waals surface area (Å²) >= 11 is 0. The Hall–Kier alpha value is -1.55. The van der Waals surface area contributed by atoms with Crippen LogP contribution in [0.3, 0.4) is 0 Å². The molecule has 0 bridgehead atoms. The third-order valence-corrected chi connectivity index (χ3v) is 2.55. The molecule has 0 spiro atoms. The van der Waals surface area contributed by atoms with E-state index in [2.05, 4.69) is 10.6 Å². The molecular formula is C13H20N2O2. The van der Waals surface area contributed by atoms with Gasteiger partial charge in [-0.3, -0.25) is 4.79 Å². The van der Waals surface area contributed by atoms with Crippen LogP contribution in [0.25, 0.3) is 0 Å². The van der Waals surface area contributed by atoms with Gasteiger partial charge in [-0.15, -0.1) is 0 Å². The van der Waals surface area contributed by atoms with Gasteiger partial charge >= 0.3 is 0 Å². The van der Waals surface area contributed by atoms with Crippen LogP contribution in [0.1, 0.15) is 18.1 Å². The summed E-state index contributed by atoms with van der Waals surface area (Å²) in [6, 6.07) is 3.86. The topological polar surface area (TPSA) is 50.4 Å². The van der Waals surface area contributed by atoms with Gasteiger partial charge in [-0.2, -0.15) is 0 Å². The normalized spacial score (nSPS) is 10.1. The maximum atomic E-state index is 11.6. The zero-order valence-corrected chi connectivity index (χ0v) is 10.9. The number of hydrogen-bond acceptors (Lipinski definition) is 3. The Morgan fingerprint density at radius 3 is 2.59 bits per heavy atom. The Labute approximate surface area is 102 Å². The van der Waals surface area contributed by atoms with Crippen LogP contribution in [0.15, 0.2) is 12.1 Å². The Kier molecular flexibility index (Phi) is 4.97. The Morgan fingerprint density at radius 2 is 2.00 bits per heavy atom. The van der Waals surface area contributed by atoms with Crippen LogP contribution in [-0.2, 0) is 4.79 Å². The molecule has 94 valence electrons. The number of methoxy groups -OCH3 is 1. The van der Waals surface area contributed by atoms with Gasteiger partial charge in [0.2, 0.25) is 5.91 Å². The second-order valence-electron chi connectivity index (χ2n) is 3.97. The number of carbonyl (C=O) groups is 1. The molecule has 0 unspecified atom stereocenters. The number of ether oxygens (including phenoxy) is 1. The van der Waals surface area contributed by atoms with E-state index >= 15 is 0 Å². The van der Waals surface area contributed by atoms with Crippen molar-refractivity contribution in [2.45, 2.75) is 20.8 Å². The maximum absolute atomic E-state index is 11.6. The number of likely N-dealkylation sites (N-methyl/N-ethyl adjacent to an activating group) is 1. The average molecular weight is 236 g/mol. The molecule has 0 aliphatic carbocycles. The lowest BCUT2D eigenvalue weighted by molar-refractivity contribution is -0.115. The number of anilines is 1. The molecule has 0 atom stereocenters. The summed E-state index contributed by atoms with van der Waals surface area (Å²) in [5.74, 6) is 0.812. The lowest BCUT2D eigenvalue weighted by Gasteiger charge is -2.12. The van der Waals surface area contributed by atoms with Crippen LogP contribution in [0.4, 0.5) is 5.69 Å². The molecule has 0 fully saturated rings. The molecule has 0 saturated carbocycles. The average Bonchev–Trinajstić information content (AvgIpc) is 2.30. The molecule has 0 aliphatic heterocycles. The fraction of sp³-hybridized carbons (Fsp3) is 0.462. The molecule has 4 nitrogen and oxygen atoms in total. The van der Waals surface area contributed by atoms with Gasteiger partial charge in [-0.05, 0) is 43.7 Å². The van der Waals surface area contributed by atoms with E-state index in [1.807, 2.05) is 32.9 Å². The van der Waals surface area contributed by atoms with Crippen LogP contribution < -0.4 is 15.4 Å². The number of rotatable bonds is 5. The second-order valence-corrected chi connectivity index (χ2v) is 3.97. The SMILES string of the molecule is CCNCC(=O)Nc1cc(C)c(OC)cc1C. The number of nitrogens with one attached hydrogen (secondary N) is 2. The van der Waals surface area contributed by atoms with Crippen molar-refractivity contribution in [1.29, 1.82) is 0 Å². The van der Waals surface area contributed by atoms with Crippen molar-refractivity contribution >= 4 is 11.6 Å². The minimum absolute atomic E-state index is 0.0282. The number of aryl methyl sites for hydroxylation is 2. The molecule has 1 aromatic carbocycles. The number of carbonyl (C=O) groups excluding carboxylic acids is 1. The van der Waals surface area contributed by atoms with Crippen molar-refractivity contribution in [2.75, 3.05) is 25.5 Å². The zero-order valence-electron chi connectivity index (χ0n) is 10.9. The van der Waals surface area contributed by atoms with Crippen LogP contribution in [0, 0.1) is 13.8 Å². The summed E-state index contributed by atoms with van der Waals surface area (Å²) < 4.78 is 5.23. The molecule has 0 radical (unpaired) electrons. The molecule has 0 aromatic heterocycles. The standard InChI is InChI=1S/C13H20N2O2/c1-5-14-8-13(16)15-11-6-10(3)12(17-4)7-9(11)2/h6-7,14H,5,8H2,1-4H3,(H,15,16). The second kappa shape index (κ2) is 6.25. The Balaban J connectivity index is 2.78. The largest absolute Gasteiger partial charge is 0.496 e. The van der Waals surface area contributed by atoms with Gasteiger partial charge in [0.1, 0.15) is 5.75 Å². The molecule has 1 amide bonds. The summed E-state index contributed by atoms with van der Waals surface area (Å²) in [5, 5.41) is 5.87. The van der Waals surface area contributed by atoms with E-state index in [-0.39, 0.29) is 5.91 Å². The predicted octanol–water partition coefficient (Wildman–Crippen LogP) is 1.86. The van der Waals surface area contributed by atoms with Crippen LogP contribution in [0.5, 0.6) is 5.75 Å². The number of amides is 1. The highest BCUT2D eigenvalue weighted by molar-refractivity contribution is 5.93. The first kappa shape index (κ1) is 13.5. The smallest absolute Gasteiger partial charge is 0.238 e. The molecule has 0 saturated heterocycles. The van der Waals surface area contributed by atoms with Crippen molar-refractivity contribution in [2.24, 2.45) is 0 Å². The molecule has 0 aliphatic rings. The van der Waals surface area contributed by atoms with E-state index in [1.54, 1.807) is 7.11 Å². The zero-order chi connectivity index (χ0) is 12.8. The fourth-order valence-electron chi connectivity index (χ4n) is 1.58. The van der Waals surface area contributed by atoms with Gasteiger partial charge in [0.25, 0.3) is 0 Å². The van der Waals surface area contributed by atoms with Crippen molar-refractivity contribution in [1.82, 2.24) is 5.32 Å². The van der Waals surface area contributed by atoms with Gasteiger partial charge in [0.05, 0.1) is 13.7 Å². The molecule has 4 heteroatoms. The third-order valence-electron chi connectivity index (χ3n) is 2.55. The monoisotopic (exact) mass is 236 g/mol. The first-order valence-corrected chi connectivity index (χ1v) is 5.74. The third kappa shape index (κ3) is 3.75. The lowest BCUT2D eigenvalue weighted by atomic mass is 10.1. The van der Waals surface area contributed by atoms with Crippen LogP contribution in [0.2, 0.25) is 0 Å². The fourth-order valence-corrected chi connectivity index (χ4v) is 1.58. The molecule has 1 rings (SSSR count). The molecular weight excluding hydrogens is 216 g/mol. The van der Waals surface area contributed by atoms with E-state index in [0.717, 1.165) is 29.1 Å². The quantitative estimate of drug-likeness (QED) is 0.820. The summed E-state index contributed by atoms with van der Waals surface area (Å²) in [5.41, 5.74) is 2.85. The predicted molar refractivity (Wildman–Crippen MR) is 69.6 cm³/mol. The van der Waals surface area contributed by atoms with E-state index in [4.69, 9.17) is 4.74 Å². The number of hydrogen-bond donors (Lipinski definition) is 2. The highest BCUT2D eigenvalue weighted by Gasteiger charge is 2.07. The molecule has 2 N–H and O–H groups in total. The van der Waals surface area contributed by atoms with E-state index < -0.39 is 0 Å². The van der Waals surface area contributed by atoms with Crippen LogP contribution >= 0.6 is 0 Å². The summed E-state index contributed by atoms with van der Waals surface area (Å²) in [6.07, 6.45) is 0. The lowest BCUT2D eigenvalue weighted by Crippen LogP contribution is -2.28. The van der Waals surface area contributed by atoms with Gasteiger partial charge in [0.15, 0.2) is 0 Å². The van der Waals surface area contributed by atoms with Gasteiger partial charge in [-0.1, -0.05) is 6.92 Å². The van der Waals surface area contributed by atoms with E-state index in [0.29, 0.717) is 6.54 Å². The van der Waals surface area contributed by atoms with Crippen molar-refractivity contribution in [3.63, 3.8) is 0 Å². The summed E-state index contributed by atoms with van der Waals surface area (Å²) in [4.78, 5) is 11.6. The van der Waals surface area contributed by atoms with Crippen molar-refractivity contribution < 1.29 is 9.53 Å². The first-order chi connectivity index (χ1) is 8.08. The minimum Gasteiger partial charge on any atom is -0.496 e. The minimum atomic E-state index is -0.0282. The Morgan fingerprint density at radius 1 is 1.29 bits per heavy atom.